The maximum Gasteiger partial charge on any atom is 0.329 e. The van der Waals surface area contributed by atoms with E-state index in [-0.39, 0.29) is 49.0 Å². The summed E-state index contributed by atoms with van der Waals surface area (Å²) in [6.07, 6.45) is 10.9. The molecular weight excluding hydrogens is 835 g/mol. The topological polar surface area (TPSA) is 199 Å². The van der Waals surface area contributed by atoms with Crippen molar-refractivity contribution in [3.8, 4) is 0 Å². The number of hydrogen-bond donors (Lipinski definition) is 4. The number of amides is 1. The molecule has 3 fully saturated rings. The summed E-state index contributed by atoms with van der Waals surface area (Å²) in [5, 5.41) is 45.7. The van der Waals surface area contributed by atoms with Crippen molar-refractivity contribution in [2.45, 2.75) is 186 Å². The van der Waals surface area contributed by atoms with Crippen LogP contribution in [0.25, 0.3) is 0 Å². The van der Waals surface area contributed by atoms with Crippen LogP contribution in [-0.4, -0.2) is 137 Å². The van der Waals surface area contributed by atoms with E-state index in [2.05, 4.69) is 0 Å². The maximum absolute atomic E-state index is 14.4. The summed E-state index contributed by atoms with van der Waals surface area (Å²) >= 11 is 0. The summed E-state index contributed by atoms with van der Waals surface area (Å²) in [5.74, 6) is -7.26. The van der Waals surface area contributed by atoms with Crippen LogP contribution in [0.5, 0.6) is 0 Å². The van der Waals surface area contributed by atoms with E-state index < -0.39 is 90.0 Å². The van der Waals surface area contributed by atoms with Gasteiger partial charge in [0.05, 0.1) is 30.5 Å². The lowest BCUT2D eigenvalue weighted by Crippen LogP contribution is -2.61. The fraction of sp³-hybridized carbons (Fsp3) is 0.765. The third-order valence-electron chi connectivity index (χ3n) is 14.7. The van der Waals surface area contributed by atoms with E-state index >= 15 is 0 Å². The lowest BCUT2D eigenvalue weighted by Gasteiger charge is -2.43. The Bertz CT molecular complexity index is 1710. The van der Waals surface area contributed by atoms with Gasteiger partial charge < -0.3 is 49.0 Å². The number of carbonyl (C=O) groups excluding carboxylic acids is 4. The van der Waals surface area contributed by atoms with Crippen LogP contribution in [-0.2, 0) is 42.9 Å². The number of ether oxygens (including phenoxy) is 5. The molecule has 2 saturated heterocycles. The number of fused-ring (bicyclic) bond motifs is 3. The van der Waals surface area contributed by atoms with Gasteiger partial charge in [-0.1, -0.05) is 71.1 Å². The maximum atomic E-state index is 14.4. The molecule has 0 radical (unpaired) electrons. The Morgan fingerprint density at radius 1 is 0.815 bits per heavy atom. The quantitative estimate of drug-likeness (QED) is 0.138. The molecule has 4 N–H and O–H groups in total. The van der Waals surface area contributed by atoms with E-state index in [1.165, 1.54) is 12.0 Å². The minimum atomic E-state index is -2.42. The van der Waals surface area contributed by atoms with Gasteiger partial charge in [0.15, 0.2) is 5.78 Å². The fourth-order valence-corrected chi connectivity index (χ4v) is 10.3. The van der Waals surface area contributed by atoms with Crippen LogP contribution < -0.4 is 0 Å². The summed E-state index contributed by atoms with van der Waals surface area (Å²) in [4.78, 5) is 57.8. The first-order valence-corrected chi connectivity index (χ1v) is 24.1. The van der Waals surface area contributed by atoms with Gasteiger partial charge in [-0.15, -0.1) is 0 Å². The number of Topliss-reactive ketones (excluding diaryl/α,β-unsaturated/α-hetero) is 2. The van der Waals surface area contributed by atoms with Crippen LogP contribution in [0.3, 0.4) is 0 Å². The Kier molecular flexibility index (Phi) is 21.3. The average molecular weight is 916 g/mol. The second-order valence-electron chi connectivity index (χ2n) is 19.8. The van der Waals surface area contributed by atoms with Crippen molar-refractivity contribution < 1.29 is 63.3 Å². The Morgan fingerprint density at radius 3 is 2.22 bits per heavy atom. The number of piperidine rings is 1. The van der Waals surface area contributed by atoms with E-state index in [9.17, 15) is 39.6 Å². The molecule has 1 amide bonds. The number of cyclic esters (lactones) is 1. The van der Waals surface area contributed by atoms with Crippen molar-refractivity contribution in [2.24, 2.45) is 35.5 Å². The highest BCUT2D eigenvalue weighted by molar-refractivity contribution is 6.39. The van der Waals surface area contributed by atoms with Crippen molar-refractivity contribution in [3.05, 3.63) is 47.6 Å². The van der Waals surface area contributed by atoms with Gasteiger partial charge in [-0.05, 0) is 107 Å². The normalized spacial score (nSPS) is 41.5. The Labute approximate surface area is 387 Å². The summed E-state index contributed by atoms with van der Waals surface area (Å²) in [7, 11) is 4.55. The number of methoxy groups -OCH3 is 3. The Morgan fingerprint density at radius 2 is 1.54 bits per heavy atom. The number of carbonyl (C=O) groups is 4. The van der Waals surface area contributed by atoms with Crippen LogP contribution in [0, 0.1) is 35.5 Å². The van der Waals surface area contributed by atoms with Gasteiger partial charge in [-0.25, -0.2) is 4.79 Å². The zero-order valence-corrected chi connectivity index (χ0v) is 40.7. The number of allylic oxidation sites excluding steroid dienone is 5. The molecule has 0 spiro atoms. The van der Waals surface area contributed by atoms with E-state index in [0.717, 1.165) is 12.0 Å². The summed E-state index contributed by atoms with van der Waals surface area (Å²) in [5.41, 5.74) is 1.33. The summed E-state index contributed by atoms with van der Waals surface area (Å²) < 4.78 is 29.5. The number of esters is 1. The van der Waals surface area contributed by atoms with Crippen molar-refractivity contribution in [1.82, 2.24) is 4.90 Å². The third kappa shape index (κ3) is 14.5. The largest absolute Gasteiger partial charge is 0.460 e. The molecule has 0 aromatic rings. The minimum Gasteiger partial charge on any atom is -0.460 e. The van der Waals surface area contributed by atoms with Gasteiger partial charge in [0.1, 0.15) is 24.4 Å². The highest BCUT2D eigenvalue weighted by Gasteiger charge is 2.53. The smallest absolute Gasteiger partial charge is 0.329 e. The zero-order valence-electron chi connectivity index (χ0n) is 40.7. The predicted molar refractivity (Wildman–Crippen MR) is 246 cm³/mol. The standard InChI is InChI=1S/C51H81NO13/c1-30-16-12-11-13-17-31(2)42(61-8)28-38-21-19-36(7)51(60,65-38)48(57)49(58)52-23-15-14-18-39(52)50(59)64-43(33(4)26-37-20-22-40(53)44(27-37)62-9)29-41(54)32(3)25-35(6)46(56)47(63-10)45(55)34(5)24-30/h11-13,16-17,25,30,32-34,36-44,46-47,53-54,56,60H,14-15,18-24,26-29H2,1-10H3/b13-11+,16-12+,31-17+,35-25+/t30-,32-,33-,34-,36-,37+,38+,39+,40-,41?,42+,43+,44-,46-,47+,51-/m1/s1. The van der Waals surface area contributed by atoms with Crippen molar-refractivity contribution in [2.75, 3.05) is 27.9 Å². The highest BCUT2D eigenvalue weighted by Crippen LogP contribution is 2.38. The number of nitrogens with zero attached hydrogens (tertiary/aromatic N) is 1. The first-order valence-electron chi connectivity index (χ1n) is 24.1. The SMILES string of the molecule is CO[C@H]1C[C@@H]2CC[C@@H](C)[C@@](O)(O2)C(=O)C(=O)N2CCCC[C@H]2C(=O)O[C@H]([C@H](C)C[C@@H]2CC[C@@H](O)[C@H](OC)C2)CC(O)[C@H](C)/C=C(\C)[C@@H](O)[C@@H](OC)C(=O)[C@H](C)C[C@H](C)/C=C/C=C/C=C/1C. The van der Waals surface area contributed by atoms with Crippen molar-refractivity contribution in [1.29, 1.82) is 0 Å². The van der Waals surface area contributed by atoms with Crippen LogP contribution in [0.4, 0.5) is 0 Å². The van der Waals surface area contributed by atoms with Crippen LogP contribution in [0.2, 0.25) is 0 Å². The first kappa shape index (κ1) is 54.5. The predicted octanol–water partition coefficient (Wildman–Crippen LogP) is 5.97. The molecule has 1 saturated carbocycles. The molecule has 65 heavy (non-hydrogen) atoms. The molecule has 3 heterocycles. The second-order valence-corrected chi connectivity index (χ2v) is 19.8. The first-order chi connectivity index (χ1) is 30.7. The van der Waals surface area contributed by atoms with E-state index in [1.54, 1.807) is 41.1 Å². The van der Waals surface area contributed by atoms with Gasteiger partial charge in [0, 0.05) is 58.5 Å². The lowest BCUT2D eigenvalue weighted by molar-refractivity contribution is -0.265. The van der Waals surface area contributed by atoms with Crippen LogP contribution >= 0.6 is 0 Å². The summed E-state index contributed by atoms with van der Waals surface area (Å²) in [6.45, 7) is 13.0. The third-order valence-corrected chi connectivity index (χ3v) is 14.7. The molecule has 14 nitrogen and oxygen atoms in total. The molecule has 2 bridgehead atoms. The average Bonchev–Trinajstić information content (AvgIpc) is 3.28. The van der Waals surface area contributed by atoms with Crippen LogP contribution in [0.1, 0.15) is 126 Å². The minimum absolute atomic E-state index is 0.0183. The number of ketones is 2. The van der Waals surface area contributed by atoms with E-state index in [4.69, 9.17) is 23.7 Å². The monoisotopic (exact) mass is 916 g/mol. The molecule has 0 aromatic carbocycles. The lowest BCUT2D eigenvalue weighted by atomic mass is 9.78. The molecule has 3 aliphatic heterocycles. The highest BCUT2D eigenvalue weighted by atomic mass is 16.6. The van der Waals surface area contributed by atoms with Crippen molar-refractivity contribution >= 4 is 23.4 Å². The Hall–Kier alpha value is -3.08. The second kappa shape index (κ2) is 25.3. The van der Waals surface area contributed by atoms with Gasteiger partial charge in [0.25, 0.3) is 11.7 Å². The molecule has 368 valence electrons. The van der Waals surface area contributed by atoms with Gasteiger partial charge in [-0.3, -0.25) is 14.4 Å². The number of hydrogen-bond acceptors (Lipinski definition) is 13. The molecule has 0 aromatic heterocycles. The van der Waals surface area contributed by atoms with E-state index in [1.807, 2.05) is 58.1 Å². The summed E-state index contributed by atoms with van der Waals surface area (Å²) in [6, 6.07) is -1.11. The molecule has 16 atom stereocenters. The fourth-order valence-electron chi connectivity index (χ4n) is 10.3. The van der Waals surface area contributed by atoms with Gasteiger partial charge in [0.2, 0.25) is 5.79 Å². The van der Waals surface area contributed by atoms with Gasteiger partial charge in [-0.2, -0.15) is 0 Å². The van der Waals surface area contributed by atoms with Crippen molar-refractivity contribution in [3.63, 3.8) is 0 Å². The number of aliphatic hydroxyl groups excluding tert-OH is 3. The molecular formula is C51H81NO13. The zero-order chi connectivity index (χ0) is 48.2. The molecule has 4 rings (SSSR count). The number of rotatable bonds is 6. The van der Waals surface area contributed by atoms with Gasteiger partial charge >= 0.3 is 5.97 Å². The Balaban J connectivity index is 1.70. The molecule has 14 heteroatoms. The number of aliphatic hydroxyl groups is 4. The van der Waals surface area contributed by atoms with Crippen LogP contribution in [0.15, 0.2) is 47.6 Å². The molecule has 1 unspecified atom stereocenters. The van der Waals surface area contributed by atoms with E-state index in [0.29, 0.717) is 63.4 Å². The molecule has 4 aliphatic rings. The molecule has 1 aliphatic carbocycles.